The fourth-order valence-electron chi connectivity index (χ4n) is 3.86. The average molecular weight is 385 g/mol. The summed E-state index contributed by atoms with van der Waals surface area (Å²) in [6, 6.07) is 27.3. The van der Waals surface area contributed by atoms with Crippen molar-refractivity contribution in [2.45, 2.75) is 0 Å². The van der Waals surface area contributed by atoms with Crippen molar-refractivity contribution in [2.24, 2.45) is 0 Å². The van der Waals surface area contributed by atoms with Gasteiger partial charge >= 0.3 is 0 Å². The molecule has 30 heavy (non-hydrogen) atoms. The van der Waals surface area contributed by atoms with E-state index in [1.807, 2.05) is 18.3 Å². The van der Waals surface area contributed by atoms with Crippen molar-refractivity contribution in [1.82, 2.24) is 15.0 Å². The first-order chi connectivity index (χ1) is 14.8. The Labute approximate surface area is 173 Å². The molecule has 3 aromatic carbocycles. The summed E-state index contributed by atoms with van der Waals surface area (Å²) in [5.41, 5.74) is 5.10. The van der Waals surface area contributed by atoms with Gasteiger partial charge in [0.25, 0.3) is 0 Å². The molecule has 0 unspecified atom stereocenters. The maximum atomic E-state index is 4.85. The van der Waals surface area contributed by atoms with E-state index in [-0.39, 0.29) is 0 Å². The third-order valence-electron chi connectivity index (χ3n) is 5.46. The smallest absolute Gasteiger partial charge is 0.212 e. The quantitative estimate of drug-likeness (QED) is 0.381. The number of nitrogens with zero attached hydrogens (tertiary/aromatic N) is 4. The van der Waals surface area contributed by atoms with Gasteiger partial charge in [0.15, 0.2) is 12.4 Å². The van der Waals surface area contributed by atoms with Crippen LogP contribution in [0.4, 0.5) is 0 Å². The zero-order valence-corrected chi connectivity index (χ0v) is 16.1. The monoisotopic (exact) mass is 385 g/mol. The Morgan fingerprint density at radius 1 is 0.667 bits per heavy atom. The van der Waals surface area contributed by atoms with E-state index in [9.17, 15) is 0 Å². The van der Waals surface area contributed by atoms with Gasteiger partial charge in [-0.15, -0.1) is 0 Å². The maximum absolute atomic E-state index is 4.85. The van der Waals surface area contributed by atoms with E-state index in [0.717, 1.165) is 44.1 Å². The molecule has 0 aliphatic carbocycles. The Hall–Kier alpha value is -4.18. The fraction of sp³-hybridized carbons (Fsp3) is 0. The van der Waals surface area contributed by atoms with Crippen LogP contribution in [0.2, 0.25) is 0 Å². The van der Waals surface area contributed by atoms with Gasteiger partial charge in [0.2, 0.25) is 5.69 Å². The van der Waals surface area contributed by atoms with Crippen LogP contribution >= 0.6 is 0 Å². The Bertz CT molecular complexity index is 1440. The number of aromatic nitrogens is 4. The van der Waals surface area contributed by atoms with E-state index in [4.69, 9.17) is 4.98 Å². The molecule has 0 aliphatic heterocycles. The van der Waals surface area contributed by atoms with Crippen LogP contribution in [0, 0.1) is 0 Å². The topological polar surface area (TPSA) is 42.5 Å². The molecular weight excluding hydrogens is 368 g/mol. The molecule has 0 saturated heterocycles. The molecule has 6 aromatic rings. The highest BCUT2D eigenvalue weighted by Gasteiger charge is 2.10. The zero-order valence-electron chi connectivity index (χ0n) is 16.1. The highest BCUT2D eigenvalue weighted by Crippen LogP contribution is 2.25. The van der Waals surface area contributed by atoms with Gasteiger partial charge in [-0.25, -0.2) is 15.0 Å². The lowest BCUT2D eigenvalue weighted by atomic mass is 10.1. The Balaban J connectivity index is 1.46. The number of fused-ring (bicyclic) bond motifs is 3. The van der Waals surface area contributed by atoms with E-state index in [1.165, 1.54) is 5.39 Å². The predicted molar refractivity (Wildman–Crippen MR) is 119 cm³/mol. The van der Waals surface area contributed by atoms with Gasteiger partial charge in [0.05, 0.1) is 16.7 Å². The SMILES string of the molecule is c1ccc2nc(-c3ccc4cc[n+](-c5ccc6cncnc6c5)cc4c3)ccc2c1. The van der Waals surface area contributed by atoms with E-state index in [2.05, 4.69) is 93.7 Å². The number of pyridine rings is 2. The van der Waals surface area contributed by atoms with Crippen LogP contribution in [0.15, 0.2) is 104 Å². The van der Waals surface area contributed by atoms with Crippen LogP contribution in [-0.4, -0.2) is 15.0 Å². The highest BCUT2D eigenvalue weighted by molar-refractivity contribution is 5.87. The third-order valence-corrected chi connectivity index (χ3v) is 5.46. The minimum absolute atomic E-state index is 0.934. The molecule has 0 aliphatic rings. The van der Waals surface area contributed by atoms with E-state index in [1.54, 1.807) is 6.33 Å². The van der Waals surface area contributed by atoms with Crippen molar-refractivity contribution >= 4 is 32.6 Å². The number of benzene rings is 3. The Kier molecular flexibility index (Phi) is 3.74. The van der Waals surface area contributed by atoms with Crippen molar-refractivity contribution in [2.75, 3.05) is 0 Å². The van der Waals surface area contributed by atoms with Crippen LogP contribution in [0.3, 0.4) is 0 Å². The van der Waals surface area contributed by atoms with Gasteiger partial charge in [-0.2, -0.15) is 4.57 Å². The molecular formula is C26H17N4+. The summed E-state index contributed by atoms with van der Waals surface area (Å²) < 4.78 is 2.13. The summed E-state index contributed by atoms with van der Waals surface area (Å²) in [5.74, 6) is 0. The minimum atomic E-state index is 0.934. The first kappa shape index (κ1) is 16.7. The molecule has 0 N–H and O–H groups in total. The Morgan fingerprint density at radius 3 is 2.57 bits per heavy atom. The molecule has 0 saturated carbocycles. The Morgan fingerprint density at radius 2 is 1.57 bits per heavy atom. The maximum Gasteiger partial charge on any atom is 0.212 e. The zero-order chi connectivity index (χ0) is 19.9. The molecule has 3 heterocycles. The fourth-order valence-corrected chi connectivity index (χ4v) is 3.86. The molecule has 6 rings (SSSR count). The van der Waals surface area contributed by atoms with Crippen LogP contribution in [0.1, 0.15) is 0 Å². The van der Waals surface area contributed by atoms with Crippen molar-refractivity contribution in [1.29, 1.82) is 0 Å². The normalized spacial score (nSPS) is 11.3. The lowest BCUT2D eigenvalue weighted by molar-refractivity contribution is -0.594. The van der Waals surface area contributed by atoms with Crippen molar-refractivity contribution < 1.29 is 4.57 Å². The van der Waals surface area contributed by atoms with Gasteiger partial charge in [-0.3, -0.25) is 0 Å². The molecule has 0 bridgehead atoms. The number of hydrogen-bond acceptors (Lipinski definition) is 3. The van der Waals surface area contributed by atoms with Crippen LogP contribution in [0.25, 0.3) is 49.5 Å². The first-order valence-corrected chi connectivity index (χ1v) is 9.85. The second kappa shape index (κ2) is 6.71. The summed E-state index contributed by atoms with van der Waals surface area (Å²) in [4.78, 5) is 13.3. The van der Waals surface area contributed by atoms with Crippen LogP contribution in [-0.2, 0) is 0 Å². The highest BCUT2D eigenvalue weighted by atomic mass is 14.9. The molecule has 0 spiro atoms. The molecule has 0 atom stereocenters. The second-order valence-electron chi connectivity index (χ2n) is 7.35. The van der Waals surface area contributed by atoms with Gasteiger partial charge in [-0.1, -0.05) is 36.4 Å². The third kappa shape index (κ3) is 2.86. The summed E-state index contributed by atoms with van der Waals surface area (Å²) in [5, 5.41) is 4.54. The molecule has 4 heteroatoms. The summed E-state index contributed by atoms with van der Waals surface area (Å²) in [7, 11) is 0. The van der Waals surface area contributed by atoms with Gasteiger partial charge in [0, 0.05) is 46.1 Å². The largest absolute Gasteiger partial charge is 0.248 e. The molecule has 0 fully saturated rings. The van der Waals surface area contributed by atoms with E-state index in [0.29, 0.717) is 0 Å². The van der Waals surface area contributed by atoms with Crippen LogP contribution in [0.5, 0.6) is 0 Å². The van der Waals surface area contributed by atoms with E-state index < -0.39 is 0 Å². The molecule has 3 aromatic heterocycles. The second-order valence-corrected chi connectivity index (χ2v) is 7.35. The molecule has 4 nitrogen and oxygen atoms in total. The summed E-state index contributed by atoms with van der Waals surface area (Å²) in [6.07, 6.45) is 7.65. The van der Waals surface area contributed by atoms with Crippen molar-refractivity contribution in [3.63, 3.8) is 0 Å². The predicted octanol–water partition coefficient (Wildman–Crippen LogP) is 5.27. The lowest BCUT2D eigenvalue weighted by Gasteiger charge is -2.05. The van der Waals surface area contributed by atoms with Gasteiger partial charge in [0.1, 0.15) is 6.33 Å². The number of hydrogen-bond donors (Lipinski definition) is 0. The standard InChI is InChI=1S/C26H17N4/c1-2-4-24-19(3-1)8-10-25(29-24)20-6-5-18-11-12-30(16-22(18)13-20)23-9-7-21-15-27-17-28-26(21)14-23/h1-17H/q+1. The van der Waals surface area contributed by atoms with Crippen molar-refractivity contribution in [3.8, 4) is 16.9 Å². The summed E-state index contributed by atoms with van der Waals surface area (Å²) in [6.45, 7) is 0. The summed E-state index contributed by atoms with van der Waals surface area (Å²) >= 11 is 0. The van der Waals surface area contributed by atoms with Crippen LogP contribution < -0.4 is 4.57 Å². The van der Waals surface area contributed by atoms with Gasteiger partial charge < -0.3 is 0 Å². The minimum Gasteiger partial charge on any atom is -0.248 e. The van der Waals surface area contributed by atoms with Crippen molar-refractivity contribution in [3.05, 3.63) is 104 Å². The average Bonchev–Trinajstić information content (AvgIpc) is 2.82. The number of rotatable bonds is 2. The first-order valence-electron chi connectivity index (χ1n) is 9.85. The molecule has 140 valence electrons. The van der Waals surface area contributed by atoms with Gasteiger partial charge in [-0.05, 0) is 29.7 Å². The van der Waals surface area contributed by atoms with E-state index >= 15 is 0 Å². The number of para-hydroxylation sites is 1. The lowest BCUT2D eigenvalue weighted by Crippen LogP contribution is -2.29. The molecule has 0 amide bonds. The molecule has 0 radical (unpaired) electrons.